The van der Waals surface area contributed by atoms with Gasteiger partial charge in [0.15, 0.2) is 0 Å². The minimum absolute atomic E-state index is 0.411. The van der Waals surface area contributed by atoms with E-state index in [4.69, 9.17) is 22.7 Å². The fraction of sp³-hybridized carbons (Fsp3) is 0.500. The molecule has 4 heteroatoms. The molecule has 1 aliphatic heterocycles. The second-order valence-electron chi connectivity index (χ2n) is 4.77. The van der Waals surface area contributed by atoms with Gasteiger partial charge in [-0.3, -0.25) is 4.90 Å². The van der Waals surface area contributed by atoms with Crippen LogP contribution in [0.1, 0.15) is 25.3 Å². The van der Waals surface area contributed by atoms with Gasteiger partial charge in [-0.1, -0.05) is 24.4 Å². The summed E-state index contributed by atoms with van der Waals surface area (Å²) in [5.74, 6) is 0.840. The van der Waals surface area contributed by atoms with Crippen LogP contribution in [0.15, 0.2) is 24.3 Å². The lowest BCUT2D eigenvalue weighted by Gasteiger charge is -2.20. The van der Waals surface area contributed by atoms with Gasteiger partial charge in [-0.05, 0) is 38.4 Å². The van der Waals surface area contributed by atoms with E-state index in [1.54, 1.807) is 0 Å². The minimum atomic E-state index is 0.411. The van der Waals surface area contributed by atoms with Crippen molar-refractivity contribution < 1.29 is 4.74 Å². The van der Waals surface area contributed by atoms with Gasteiger partial charge in [0.05, 0.1) is 0 Å². The molecule has 0 aliphatic carbocycles. The third kappa shape index (κ3) is 3.43. The van der Waals surface area contributed by atoms with E-state index >= 15 is 0 Å². The van der Waals surface area contributed by atoms with Crippen LogP contribution in [-0.4, -0.2) is 35.6 Å². The number of rotatable bonds is 5. The number of ether oxygens (including phenoxy) is 1. The molecule has 1 heterocycles. The predicted molar refractivity (Wildman–Crippen MR) is 78.1 cm³/mol. The van der Waals surface area contributed by atoms with Crippen LogP contribution in [0.5, 0.6) is 5.75 Å². The summed E-state index contributed by atoms with van der Waals surface area (Å²) in [5.41, 5.74) is 6.46. The van der Waals surface area contributed by atoms with E-state index in [-0.39, 0.29) is 0 Å². The molecule has 0 saturated carbocycles. The summed E-state index contributed by atoms with van der Waals surface area (Å²) in [5, 5.41) is 0. The van der Waals surface area contributed by atoms with E-state index in [0.29, 0.717) is 17.6 Å². The third-order valence-corrected chi connectivity index (χ3v) is 3.69. The lowest BCUT2D eigenvalue weighted by atomic mass is 10.2. The van der Waals surface area contributed by atoms with Crippen molar-refractivity contribution in [3.8, 4) is 5.75 Å². The summed E-state index contributed by atoms with van der Waals surface area (Å²) in [6, 6.07) is 8.35. The van der Waals surface area contributed by atoms with E-state index in [0.717, 1.165) is 17.9 Å². The van der Waals surface area contributed by atoms with Crippen LogP contribution >= 0.6 is 12.2 Å². The molecule has 1 unspecified atom stereocenters. The molecule has 0 radical (unpaired) electrons. The summed E-state index contributed by atoms with van der Waals surface area (Å²) in [6.45, 7) is 5.17. The molecule has 2 N–H and O–H groups in total. The molecule has 3 nitrogen and oxygen atoms in total. The lowest BCUT2D eigenvalue weighted by molar-refractivity contribution is 0.204. The smallest absolute Gasteiger partial charge is 0.120 e. The molecular formula is C14H20N2OS. The molecule has 18 heavy (non-hydrogen) atoms. The number of nitrogens with zero attached hydrogens (tertiary/aromatic N) is 1. The SMILES string of the molecule is CC1CCCN1CCOc1cccc(C(N)=S)c1. The van der Waals surface area contributed by atoms with Crippen molar-refractivity contribution in [2.45, 2.75) is 25.8 Å². The molecule has 1 saturated heterocycles. The Labute approximate surface area is 114 Å². The van der Waals surface area contributed by atoms with Gasteiger partial charge in [0.1, 0.15) is 17.3 Å². The molecule has 1 atom stereocenters. The van der Waals surface area contributed by atoms with E-state index < -0.39 is 0 Å². The Balaban J connectivity index is 1.83. The second-order valence-corrected chi connectivity index (χ2v) is 5.21. The average molecular weight is 264 g/mol. The van der Waals surface area contributed by atoms with Crippen LogP contribution in [0.2, 0.25) is 0 Å². The lowest BCUT2D eigenvalue weighted by Crippen LogP contribution is -2.31. The number of hydrogen-bond acceptors (Lipinski definition) is 3. The maximum absolute atomic E-state index is 5.75. The number of benzene rings is 1. The van der Waals surface area contributed by atoms with Crippen molar-refractivity contribution in [2.75, 3.05) is 19.7 Å². The highest BCUT2D eigenvalue weighted by Crippen LogP contribution is 2.17. The topological polar surface area (TPSA) is 38.5 Å². The van der Waals surface area contributed by atoms with E-state index in [2.05, 4.69) is 11.8 Å². The van der Waals surface area contributed by atoms with E-state index in [1.165, 1.54) is 19.4 Å². The van der Waals surface area contributed by atoms with Crippen LogP contribution in [0.3, 0.4) is 0 Å². The molecule has 1 fully saturated rings. The summed E-state index contributed by atoms with van der Waals surface area (Å²) in [6.07, 6.45) is 2.61. The van der Waals surface area contributed by atoms with E-state index in [9.17, 15) is 0 Å². The van der Waals surface area contributed by atoms with Crippen LogP contribution in [-0.2, 0) is 0 Å². The molecule has 98 valence electrons. The Kier molecular flexibility index (Phi) is 4.55. The Morgan fingerprint density at radius 2 is 2.39 bits per heavy atom. The molecule has 2 rings (SSSR count). The summed E-state index contributed by atoms with van der Waals surface area (Å²) >= 11 is 4.95. The molecule has 0 aromatic heterocycles. The fourth-order valence-corrected chi connectivity index (χ4v) is 2.47. The van der Waals surface area contributed by atoms with Crippen molar-refractivity contribution in [3.05, 3.63) is 29.8 Å². The first-order valence-electron chi connectivity index (χ1n) is 6.43. The maximum atomic E-state index is 5.75. The van der Waals surface area contributed by atoms with Gasteiger partial charge in [-0.15, -0.1) is 0 Å². The van der Waals surface area contributed by atoms with Crippen LogP contribution < -0.4 is 10.5 Å². The highest BCUT2D eigenvalue weighted by atomic mass is 32.1. The van der Waals surface area contributed by atoms with Crippen LogP contribution in [0.4, 0.5) is 0 Å². The van der Waals surface area contributed by atoms with Crippen molar-refractivity contribution >= 4 is 17.2 Å². The molecule has 0 spiro atoms. The second kappa shape index (κ2) is 6.16. The summed E-state index contributed by atoms with van der Waals surface area (Å²) in [7, 11) is 0. The van der Waals surface area contributed by atoms with Gasteiger partial charge in [0.2, 0.25) is 0 Å². The third-order valence-electron chi connectivity index (χ3n) is 3.46. The monoisotopic (exact) mass is 264 g/mol. The Morgan fingerprint density at radius 3 is 3.06 bits per heavy atom. The van der Waals surface area contributed by atoms with Gasteiger partial charge in [0, 0.05) is 18.2 Å². The Morgan fingerprint density at radius 1 is 1.56 bits per heavy atom. The van der Waals surface area contributed by atoms with E-state index in [1.807, 2.05) is 24.3 Å². The Hall–Kier alpha value is -1.13. The maximum Gasteiger partial charge on any atom is 0.120 e. The number of hydrogen-bond donors (Lipinski definition) is 1. The van der Waals surface area contributed by atoms with Crippen LogP contribution in [0.25, 0.3) is 0 Å². The quantitative estimate of drug-likeness (QED) is 0.827. The fourth-order valence-electron chi connectivity index (χ4n) is 2.34. The first-order valence-corrected chi connectivity index (χ1v) is 6.84. The zero-order valence-corrected chi connectivity index (χ0v) is 11.6. The highest BCUT2D eigenvalue weighted by molar-refractivity contribution is 7.80. The largest absolute Gasteiger partial charge is 0.492 e. The van der Waals surface area contributed by atoms with Crippen molar-refractivity contribution in [1.82, 2.24) is 4.90 Å². The van der Waals surface area contributed by atoms with Crippen molar-refractivity contribution in [3.63, 3.8) is 0 Å². The number of nitrogens with two attached hydrogens (primary N) is 1. The zero-order valence-electron chi connectivity index (χ0n) is 10.8. The normalized spacial score (nSPS) is 19.9. The first-order chi connectivity index (χ1) is 8.66. The van der Waals surface area contributed by atoms with Gasteiger partial charge >= 0.3 is 0 Å². The van der Waals surface area contributed by atoms with Gasteiger partial charge < -0.3 is 10.5 Å². The molecule has 0 amide bonds. The summed E-state index contributed by atoms with van der Waals surface area (Å²) in [4.78, 5) is 2.88. The van der Waals surface area contributed by atoms with Crippen LogP contribution in [0, 0.1) is 0 Å². The molecule has 1 aromatic rings. The molecule has 1 aromatic carbocycles. The standard InChI is InChI=1S/C14H20N2OS/c1-11-4-3-7-16(11)8-9-17-13-6-2-5-12(10-13)14(15)18/h2,5-6,10-11H,3-4,7-9H2,1H3,(H2,15,18). The number of likely N-dealkylation sites (tertiary alicyclic amines) is 1. The van der Waals surface area contributed by atoms with Gasteiger partial charge in [-0.2, -0.15) is 0 Å². The predicted octanol–water partition coefficient (Wildman–Crippen LogP) is 2.18. The van der Waals surface area contributed by atoms with Gasteiger partial charge in [-0.25, -0.2) is 0 Å². The zero-order chi connectivity index (χ0) is 13.0. The number of thiocarbonyl (C=S) groups is 1. The minimum Gasteiger partial charge on any atom is -0.492 e. The molecule has 0 bridgehead atoms. The molecular weight excluding hydrogens is 244 g/mol. The highest BCUT2D eigenvalue weighted by Gasteiger charge is 2.19. The van der Waals surface area contributed by atoms with Gasteiger partial charge in [0.25, 0.3) is 0 Å². The average Bonchev–Trinajstić information content (AvgIpc) is 2.76. The van der Waals surface area contributed by atoms with Crippen molar-refractivity contribution in [2.24, 2.45) is 5.73 Å². The van der Waals surface area contributed by atoms with Crippen molar-refractivity contribution in [1.29, 1.82) is 0 Å². The first kappa shape index (κ1) is 13.3. The molecule has 1 aliphatic rings. The Bertz CT molecular complexity index is 422. The summed E-state index contributed by atoms with van der Waals surface area (Å²) < 4.78 is 5.75.